The van der Waals surface area contributed by atoms with Crippen LogP contribution in [-0.2, 0) is 52.3 Å². The van der Waals surface area contributed by atoms with E-state index in [2.05, 4.69) is 47.6 Å². The van der Waals surface area contributed by atoms with E-state index in [9.17, 15) is 50.1 Å². The molecule has 0 bridgehead atoms. The van der Waals surface area contributed by atoms with E-state index in [1.807, 2.05) is 0 Å². The number of rotatable bonds is 10. The Kier molecular flexibility index (Phi) is 14.2. The van der Waals surface area contributed by atoms with Crippen LogP contribution in [0.1, 0.15) is 127 Å². The Bertz CT molecular complexity index is 1930. The Balaban J connectivity index is 1.03. The monoisotopic (exact) mass is 967 g/mol. The van der Waals surface area contributed by atoms with E-state index in [0.717, 1.165) is 51.9 Å². The predicted molar refractivity (Wildman–Crippen MR) is 238 cm³/mol. The van der Waals surface area contributed by atoms with Crippen LogP contribution in [0, 0.1) is 50.2 Å². The number of aliphatic hydroxyl groups excluding tert-OH is 6. The van der Waals surface area contributed by atoms with Crippen molar-refractivity contribution < 1.29 is 88.0 Å². The normalized spacial score (nSPS) is 51.1. The zero-order valence-corrected chi connectivity index (χ0v) is 41.2. The molecule has 3 heterocycles. The summed E-state index contributed by atoms with van der Waals surface area (Å²) in [5.41, 5.74) is -0.752. The number of hydrogen-bond donors (Lipinski definition) is 7. The summed E-state index contributed by atoms with van der Waals surface area (Å²) in [5, 5.41) is 77.5. The highest BCUT2D eigenvalue weighted by atomic mass is 16.8. The molecule has 3 saturated heterocycles. The maximum absolute atomic E-state index is 13.2. The van der Waals surface area contributed by atoms with Crippen molar-refractivity contribution in [3.05, 3.63) is 11.6 Å². The molecule has 0 aromatic rings. The number of aliphatic carboxylic acids is 1. The van der Waals surface area contributed by atoms with E-state index in [0.29, 0.717) is 19.3 Å². The van der Waals surface area contributed by atoms with Crippen molar-refractivity contribution in [2.75, 3.05) is 19.8 Å². The molecule has 4 saturated carbocycles. The zero-order valence-electron chi connectivity index (χ0n) is 41.2. The fraction of sp³-hybridized carbons (Fsp3) is 0.900. The lowest BCUT2D eigenvalue weighted by Gasteiger charge is -2.71. The average molecular weight is 967 g/mol. The van der Waals surface area contributed by atoms with Crippen molar-refractivity contribution >= 4 is 17.9 Å². The number of allylic oxidation sites excluding steroid dienone is 2. The molecular formula is C50H78O18. The molecule has 22 unspecified atom stereocenters. The minimum atomic E-state index is -1.78. The van der Waals surface area contributed by atoms with Crippen LogP contribution in [0.4, 0.5) is 0 Å². The highest BCUT2D eigenvalue weighted by Crippen LogP contribution is 2.76. The first-order chi connectivity index (χ1) is 31.7. The van der Waals surface area contributed by atoms with Gasteiger partial charge in [-0.15, -0.1) is 0 Å². The van der Waals surface area contributed by atoms with Gasteiger partial charge in [-0.25, -0.2) is 0 Å². The molecule has 0 spiro atoms. The maximum atomic E-state index is 13.2. The highest BCUT2D eigenvalue weighted by Gasteiger charge is 2.70. The fourth-order valence-electron chi connectivity index (χ4n) is 15.1. The Hall–Kier alpha value is -2.33. The Morgan fingerprint density at radius 3 is 2.06 bits per heavy atom. The predicted octanol–water partition coefficient (Wildman–Crippen LogP) is 3.13. The third kappa shape index (κ3) is 8.58. The van der Waals surface area contributed by atoms with Crippen LogP contribution >= 0.6 is 0 Å². The molecule has 386 valence electrons. The summed E-state index contributed by atoms with van der Waals surface area (Å²) in [6.07, 6.45) is -9.89. The Morgan fingerprint density at radius 1 is 0.706 bits per heavy atom. The Morgan fingerprint density at radius 2 is 1.38 bits per heavy atom. The molecule has 0 aromatic carbocycles. The molecule has 7 fully saturated rings. The van der Waals surface area contributed by atoms with Crippen LogP contribution < -0.4 is 0 Å². The van der Waals surface area contributed by atoms with Gasteiger partial charge in [-0.05, 0) is 111 Å². The second-order valence-electron chi connectivity index (χ2n) is 23.6. The quantitative estimate of drug-likeness (QED) is 0.0942. The molecule has 8 aliphatic rings. The standard InChI is InChI=1S/C50H78O18/c1-24-34(54)39(67-41-37(57)36(56)30(22-62-41)65-26(3)52)38(58)42(64-24)68-40-35(55)29(53)21-61-43(40)66-33-13-14-46(6)31(47(33,7)23-63-25(2)51)12-15-49(9)32(46)11-10-27-28-20-45(4,5)16-18-50(28,44(59)60)19-17-48(27,49)8/h10,24,28-43,53-58H,11-23H2,1-9H3,(H,59,60). The van der Waals surface area contributed by atoms with Gasteiger partial charge in [-0.3, -0.25) is 14.4 Å². The summed E-state index contributed by atoms with van der Waals surface area (Å²) in [6, 6.07) is 0. The molecule has 3 aliphatic heterocycles. The van der Waals surface area contributed by atoms with Crippen LogP contribution in [0.15, 0.2) is 11.6 Å². The number of fused-ring (bicyclic) bond motifs is 7. The minimum Gasteiger partial charge on any atom is -0.481 e. The first kappa shape index (κ1) is 52.0. The lowest BCUT2D eigenvalue weighted by atomic mass is 9.33. The number of carboxylic acid groups (broad SMARTS) is 1. The summed E-state index contributed by atoms with van der Waals surface area (Å²) < 4.78 is 47.5. The van der Waals surface area contributed by atoms with Crippen molar-refractivity contribution in [3.63, 3.8) is 0 Å². The molecule has 0 aromatic heterocycles. The molecule has 18 heteroatoms. The molecule has 8 rings (SSSR count). The number of carbonyl (C=O) groups is 3. The molecule has 5 aliphatic carbocycles. The van der Waals surface area contributed by atoms with Crippen LogP contribution in [0.5, 0.6) is 0 Å². The summed E-state index contributed by atoms with van der Waals surface area (Å²) in [4.78, 5) is 37.3. The first-order valence-electron chi connectivity index (χ1n) is 24.9. The smallest absolute Gasteiger partial charge is 0.310 e. The summed E-state index contributed by atoms with van der Waals surface area (Å²) >= 11 is 0. The minimum absolute atomic E-state index is 0.0116. The fourth-order valence-corrected chi connectivity index (χ4v) is 15.1. The second kappa shape index (κ2) is 18.6. The maximum Gasteiger partial charge on any atom is 0.310 e. The molecule has 18 nitrogen and oxygen atoms in total. The van der Waals surface area contributed by atoms with Crippen molar-refractivity contribution in [2.45, 2.75) is 213 Å². The second-order valence-corrected chi connectivity index (χ2v) is 23.6. The summed E-state index contributed by atoms with van der Waals surface area (Å²) in [5.74, 6) is -1.61. The van der Waals surface area contributed by atoms with Crippen molar-refractivity contribution in [1.29, 1.82) is 0 Å². The van der Waals surface area contributed by atoms with Gasteiger partial charge in [0.25, 0.3) is 0 Å². The van der Waals surface area contributed by atoms with E-state index in [1.165, 1.54) is 19.4 Å². The molecule has 0 amide bonds. The number of ether oxygens (including phenoxy) is 8. The molecule has 7 N–H and O–H groups in total. The van der Waals surface area contributed by atoms with E-state index in [-0.39, 0.29) is 59.2 Å². The molecular weight excluding hydrogens is 889 g/mol. The number of aliphatic hydroxyl groups is 6. The first-order valence-corrected chi connectivity index (χ1v) is 24.9. The Labute approximate surface area is 399 Å². The number of esters is 2. The van der Waals surface area contributed by atoms with Crippen LogP contribution in [-0.4, -0.2) is 159 Å². The van der Waals surface area contributed by atoms with Crippen LogP contribution in [0.3, 0.4) is 0 Å². The van der Waals surface area contributed by atoms with Gasteiger partial charge in [0.1, 0.15) is 48.8 Å². The van der Waals surface area contributed by atoms with Gasteiger partial charge in [0.2, 0.25) is 0 Å². The van der Waals surface area contributed by atoms with E-state index in [4.69, 9.17) is 37.9 Å². The van der Waals surface area contributed by atoms with Crippen molar-refractivity contribution in [3.8, 4) is 0 Å². The van der Waals surface area contributed by atoms with Crippen LogP contribution in [0.2, 0.25) is 0 Å². The largest absolute Gasteiger partial charge is 0.481 e. The van der Waals surface area contributed by atoms with Gasteiger partial charge in [-0.1, -0.05) is 53.2 Å². The highest BCUT2D eigenvalue weighted by molar-refractivity contribution is 5.76. The summed E-state index contributed by atoms with van der Waals surface area (Å²) in [7, 11) is 0. The third-order valence-electron chi connectivity index (χ3n) is 19.2. The molecule has 22 atom stereocenters. The van der Waals surface area contributed by atoms with Gasteiger partial charge in [-0.2, -0.15) is 0 Å². The number of hydrogen-bond acceptors (Lipinski definition) is 17. The van der Waals surface area contributed by atoms with Gasteiger partial charge in [0.15, 0.2) is 25.0 Å². The van der Waals surface area contributed by atoms with E-state index >= 15 is 0 Å². The van der Waals surface area contributed by atoms with E-state index < -0.39 is 115 Å². The topological polar surface area (TPSA) is 267 Å². The van der Waals surface area contributed by atoms with Gasteiger partial charge in [0.05, 0.1) is 37.4 Å². The SMILES string of the molecule is CC(=O)OCC1(C)C(OC2OCC(O)C(O)C2OC2OC(C)C(O)C(OC3OCC(OC(C)=O)C(O)C3O)C2O)CCC2(C)C1CCC1(C)C2CC=C2C3CC(C)(C)CCC3(C(=O)O)CCC21C. The average Bonchev–Trinajstić information content (AvgIpc) is 3.26. The van der Waals surface area contributed by atoms with Gasteiger partial charge < -0.3 is 73.6 Å². The molecule has 0 radical (unpaired) electrons. The number of carbonyl (C=O) groups excluding carboxylic acids is 2. The van der Waals surface area contributed by atoms with E-state index in [1.54, 1.807) is 0 Å². The van der Waals surface area contributed by atoms with Crippen molar-refractivity contribution in [2.24, 2.45) is 50.2 Å². The summed E-state index contributed by atoms with van der Waals surface area (Å²) in [6.45, 7) is 17.2. The lowest BCUT2D eigenvalue weighted by molar-refractivity contribution is -0.379. The van der Waals surface area contributed by atoms with Crippen LogP contribution in [0.25, 0.3) is 0 Å². The van der Waals surface area contributed by atoms with Crippen molar-refractivity contribution in [1.82, 2.24) is 0 Å². The van der Waals surface area contributed by atoms with Gasteiger partial charge in [0, 0.05) is 19.3 Å². The number of carboxylic acids is 1. The third-order valence-corrected chi connectivity index (χ3v) is 19.2. The lowest BCUT2D eigenvalue weighted by Crippen LogP contribution is -2.67. The molecule has 68 heavy (non-hydrogen) atoms. The van der Waals surface area contributed by atoms with Gasteiger partial charge >= 0.3 is 17.9 Å². The zero-order chi connectivity index (χ0) is 49.7.